The topological polar surface area (TPSA) is 52.7 Å². The van der Waals surface area contributed by atoms with Crippen molar-refractivity contribution < 1.29 is 9.59 Å². The van der Waals surface area contributed by atoms with E-state index >= 15 is 0 Å². The van der Waals surface area contributed by atoms with Crippen LogP contribution in [0.5, 0.6) is 0 Å². The first-order chi connectivity index (χ1) is 13.2. The minimum Gasteiger partial charge on any atom is -0.355 e. The molecule has 5 heteroatoms. The molecule has 0 bridgehead atoms. The predicted octanol–water partition coefficient (Wildman–Crippen LogP) is 2.92. The first-order valence-corrected chi connectivity index (χ1v) is 10.6. The summed E-state index contributed by atoms with van der Waals surface area (Å²) in [5.41, 5.74) is 0.768. The number of hydrogen-bond acceptors (Lipinski definition) is 3. The van der Waals surface area contributed by atoms with Crippen LogP contribution in [0.15, 0.2) is 30.3 Å². The highest BCUT2D eigenvalue weighted by Gasteiger charge is 2.23. The summed E-state index contributed by atoms with van der Waals surface area (Å²) in [5, 5.41) is 3.07. The highest BCUT2D eigenvalue weighted by Crippen LogP contribution is 2.23. The smallest absolute Gasteiger partial charge is 0.253 e. The van der Waals surface area contributed by atoms with Crippen molar-refractivity contribution in [3.8, 4) is 0 Å². The lowest BCUT2D eigenvalue weighted by molar-refractivity contribution is -0.121. The van der Waals surface area contributed by atoms with Crippen molar-refractivity contribution in [2.24, 2.45) is 5.92 Å². The SMILES string of the molecule is O=C(CCC1CCN(C(=O)c2ccccc2)CC1)NCCN1CCCCC1. The number of nitrogens with zero attached hydrogens (tertiary/aromatic N) is 2. The van der Waals surface area contributed by atoms with Crippen LogP contribution in [-0.2, 0) is 4.79 Å². The molecule has 5 nitrogen and oxygen atoms in total. The van der Waals surface area contributed by atoms with E-state index in [-0.39, 0.29) is 11.8 Å². The molecule has 1 N–H and O–H groups in total. The minimum absolute atomic E-state index is 0.129. The number of nitrogens with one attached hydrogen (secondary N) is 1. The van der Waals surface area contributed by atoms with E-state index in [2.05, 4.69) is 10.2 Å². The first-order valence-electron chi connectivity index (χ1n) is 10.6. The van der Waals surface area contributed by atoms with Crippen LogP contribution in [-0.4, -0.2) is 60.9 Å². The van der Waals surface area contributed by atoms with Crippen LogP contribution < -0.4 is 5.32 Å². The Hall–Kier alpha value is -1.88. The Morgan fingerprint density at radius 2 is 1.67 bits per heavy atom. The second-order valence-electron chi connectivity index (χ2n) is 7.89. The maximum Gasteiger partial charge on any atom is 0.253 e. The Morgan fingerprint density at radius 1 is 0.963 bits per heavy atom. The van der Waals surface area contributed by atoms with E-state index < -0.39 is 0 Å². The van der Waals surface area contributed by atoms with Crippen LogP contribution in [0.4, 0.5) is 0 Å². The van der Waals surface area contributed by atoms with Crippen molar-refractivity contribution in [3.05, 3.63) is 35.9 Å². The average Bonchev–Trinajstić information content (AvgIpc) is 2.73. The minimum atomic E-state index is 0.129. The Balaban J connectivity index is 1.29. The molecule has 27 heavy (non-hydrogen) atoms. The molecule has 0 saturated carbocycles. The van der Waals surface area contributed by atoms with Crippen LogP contribution in [0.25, 0.3) is 0 Å². The van der Waals surface area contributed by atoms with Gasteiger partial charge >= 0.3 is 0 Å². The van der Waals surface area contributed by atoms with E-state index in [9.17, 15) is 9.59 Å². The van der Waals surface area contributed by atoms with Crippen molar-refractivity contribution in [3.63, 3.8) is 0 Å². The molecule has 1 aromatic rings. The Morgan fingerprint density at radius 3 is 2.37 bits per heavy atom. The first kappa shape index (κ1) is 19.9. The Labute approximate surface area is 163 Å². The van der Waals surface area contributed by atoms with E-state index in [1.165, 1.54) is 32.4 Å². The van der Waals surface area contributed by atoms with Gasteiger partial charge in [-0.1, -0.05) is 24.6 Å². The fourth-order valence-corrected chi connectivity index (χ4v) is 4.15. The van der Waals surface area contributed by atoms with Gasteiger partial charge in [-0.05, 0) is 63.2 Å². The van der Waals surface area contributed by atoms with Gasteiger partial charge in [0, 0.05) is 38.2 Å². The van der Waals surface area contributed by atoms with Gasteiger partial charge in [0.2, 0.25) is 5.91 Å². The molecule has 2 fully saturated rings. The average molecular weight is 372 g/mol. The summed E-state index contributed by atoms with van der Waals surface area (Å²) in [4.78, 5) is 29.0. The maximum absolute atomic E-state index is 12.5. The summed E-state index contributed by atoms with van der Waals surface area (Å²) in [5.74, 6) is 0.858. The second kappa shape index (κ2) is 10.5. The zero-order valence-electron chi connectivity index (χ0n) is 16.4. The molecule has 0 unspecified atom stereocenters. The molecule has 0 aromatic heterocycles. The fraction of sp³-hybridized carbons (Fsp3) is 0.636. The van der Waals surface area contributed by atoms with E-state index in [4.69, 9.17) is 0 Å². The number of amides is 2. The van der Waals surface area contributed by atoms with Gasteiger partial charge in [0.25, 0.3) is 5.91 Å². The summed E-state index contributed by atoms with van der Waals surface area (Å²) in [6, 6.07) is 9.50. The fourth-order valence-electron chi connectivity index (χ4n) is 4.15. The monoisotopic (exact) mass is 371 g/mol. The zero-order valence-corrected chi connectivity index (χ0v) is 16.4. The van der Waals surface area contributed by atoms with Crippen molar-refractivity contribution in [1.29, 1.82) is 0 Å². The van der Waals surface area contributed by atoms with Crippen LogP contribution >= 0.6 is 0 Å². The molecule has 0 spiro atoms. The Kier molecular flexibility index (Phi) is 7.69. The molecule has 0 aliphatic carbocycles. The highest BCUT2D eigenvalue weighted by atomic mass is 16.2. The second-order valence-corrected chi connectivity index (χ2v) is 7.89. The summed E-state index contributed by atoms with van der Waals surface area (Å²) in [6.07, 6.45) is 7.47. The number of benzene rings is 1. The van der Waals surface area contributed by atoms with Crippen molar-refractivity contribution in [2.45, 2.75) is 44.9 Å². The third kappa shape index (κ3) is 6.35. The number of carbonyl (C=O) groups is 2. The lowest BCUT2D eigenvalue weighted by atomic mass is 9.91. The predicted molar refractivity (Wildman–Crippen MR) is 108 cm³/mol. The standard InChI is InChI=1S/C22H33N3O2/c26-21(23-13-18-24-14-5-2-6-15-24)10-9-19-11-16-25(17-12-19)22(27)20-7-3-1-4-8-20/h1,3-4,7-8,19H,2,5-6,9-18H2,(H,23,26). The van der Waals surface area contributed by atoms with Crippen molar-refractivity contribution in [1.82, 2.24) is 15.1 Å². The molecule has 1 aromatic carbocycles. The van der Waals surface area contributed by atoms with E-state index in [0.29, 0.717) is 12.3 Å². The highest BCUT2D eigenvalue weighted by molar-refractivity contribution is 5.94. The zero-order chi connectivity index (χ0) is 18.9. The molecule has 2 saturated heterocycles. The molecule has 2 heterocycles. The third-order valence-electron chi connectivity index (χ3n) is 5.90. The van der Waals surface area contributed by atoms with E-state index in [1.807, 2.05) is 35.2 Å². The van der Waals surface area contributed by atoms with Gasteiger partial charge < -0.3 is 15.1 Å². The van der Waals surface area contributed by atoms with Gasteiger partial charge in [-0.15, -0.1) is 0 Å². The summed E-state index contributed by atoms with van der Waals surface area (Å²) < 4.78 is 0. The van der Waals surface area contributed by atoms with Crippen LogP contribution in [0, 0.1) is 5.92 Å². The molecule has 2 aliphatic rings. The van der Waals surface area contributed by atoms with Crippen LogP contribution in [0.3, 0.4) is 0 Å². The summed E-state index contributed by atoms with van der Waals surface area (Å²) in [7, 11) is 0. The van der Waals surface area contributed by atoms with Gasteiger partial charge in [-0.3, -0.25) is 9.59 Å². The normalized spacial score (nSPS) is 19.0. The van der Waals surface area contributed by atoms with E-state index in [0.717, 1.165) is 51.0 Å². The lowest BCUT2D eigenvalue weighted by Gasteiger charge is -2.32. The maximum atomic E-state index is 12.5. The molecular formula is C22H33N3O2. The number of rotatable bonds is 7. The van der Waals surface area contributed by atoms with Gasteiger partial charge in [-0.25, -0.2) is 0 Å². The molecule has 0 atom stereocenters. The van der Waals surface area contributed by atoms with Crippen LogP contribution in [0.2, 0.25) is 0 Å². The molecular weight excluding hydrogens is 338 g/mol. The number of likely N-dealkylation sites (tertiary alicyclic amines) is 2. The third-order valence-corrected chi connectivity index (χ3v) is 5.90. The summed E-state index contributed by atoms with van der Waals surface area (Å²) in [6.45, 7) is 5.70. The van der Waals surface area contributed by atoms with Crippen molar-refractivity contribution >= 4 is 11.8 Å². The molecule has 2 amide bonds. The number of hydrogen-bond donors (Lipinski definition) is 1. The number of piperidine rings is 2. The van der Waals surface area contributed by atoms with Gasteiger partial charge in [0.05, 0.1) is 0 Å². The Bertz CT molecular complexity index is 591. The molecule has 2 aliphatic heterocycles. The largest absolute Gasteiger partial charge is 0.355 e. The quantitative estimate of drug-likeness (QED) is 0.802. The molecule has 3 rings (SSSR count). The lowest BCUT2D eigenvalue weighted by Crippen LogP contribution is -2.39. The van der Waals surface area contributed by atoms with Gasteiger partial charge in [0.15, 0.2) is 0 Å². The van der Waals surface area contributed by atoms with Gasteiger partial charge in [0.1, 0.15) is 0 Å². The van der Waals surface area contributed by atoms with Crippen molar-refractivity contribution in [2.75, 3.05) is 39.3 Å². The van der Waals surface area contributed by atoms with Crippen LogP contribution in [0.1, 0.15) is 55.3 Å². The van der Waals surface area contributed by atoms with E-state index in [1.54, 1.807) is 0 Å². The molecule has 0 radical (unpaired) electrons. The summed E-state index contributed by atoms with van der Waals surface area (Å²) >= 11 is 0. The molecule has 148 valence electrons. The number of carbonyl (C=O) groups excluding carboxylic acids is 2. The van der Waals surface area contributed by atoms with Gasteiger partial charge in [-0.2, -0.15) is 0 Å².